The zero-order chi connectivity index (χ0) is 16.4. The molecule has 4 nitrogen and oxygen atoms in total. The van der Waals surface area contributed by atoms with Gasteiger partial charge < -0.3 is 4.74 Å². The Morgan fingerprint density at radius 2 is 1.52 bits per heavy atom. The summed E-state index contributed by atoms with van der Waals surface area (Å²) in [5.74, 6) is 0.281. The molecule has 0 bridgehead atoms. The van der Waals surface area contributed by atoms with E-state index in [9.17, 15) is 9.59 Å². The molecule has 0 radical (unpaired) electrons. The minimum Gasteiger partial charge on any atom is -0.497 e. The summed E-state index contributed by atoms with van der Waals surface area (Å²) in [5, 5.41) is 0.571. The number of imide groups is 1. The van der Waals surface area contributed by atoms with E-state index in [1.165, 1.54) is 4.90 Å². The van der Waals surface area contributed by atoms with Gasteiger partial charge in [-0.05, 0) is 42.0 Å². The summed E-state index contributed by atoms with van der Waals surface area (Å²) in [6.45, 7) is 0. The molecule has 1 saturated heterocycles. The largest absolute Gasteiger partial charge is 0.497 e. The number of piperidine rings is 1. The summed E-state index contributed by atoms with van der Waals surface area (Å²) in [6.07, 6.45) is 0.612. The summed E-state index contributed by atoms with van der Waals surface area (Å²) in [5.41, 5.74) is 1.54. The molecular weight excluding hydrogens is 314 g/mol. The van der Waals surface area contributed by atoms with Crippen LogP contribution in [0.15, 0.2) is 48.5 Å². The van der Waals surface area contributed by atoms with E-state index in [0.29, 0.717) is 23.6 Å². The molecule has 118 valence electrons. The molecule has 2 aromatic rings. The molecule has 1 fully saturated rings. The average molecular weight is 330 g/mol. The standard InChI is InChI=1S/C18H16ClNO3/c1-23-16-8-2-12(3-9-16)13-10-17(21)20(18(22)11-13)15-6-4-14(19)5-7-15/h2-9,13H,10-11H2,1H3. The lowest BCUT2D eigenvalue weighted by molar-refractivity contribution is -0.129. The monoisotopic (exact) mass is 329 g/mol. The summed E-state index contributed by atoms with van der Waals surface area (Å²) >= 11 is 5.85. The average Bonchev–Trinajstić information content (AvgIpc) is 2.56. The Hall–Kier alpha value is -2.33. The predicted octanol–water partition coefficient (Wildman–Crippen LogP) is 3.79. The van der Waals surface area contributed by atoms with Gasteiger partial charge in [0.1, 0.15) is 5.75 Å². The van der Waals surface area contributed by atoms with Gasteiger partial charge in [-0.3, -0.25) is 14.5 Å². The molecule has 2 amide bonds. The van der Waals surface area contributed by atoms with E-state index in [-0.39, 0.29) is 17.7 Å². The highest BCUT2D eigenvalue weighted by molar-refractivity contribution is 6.30. The molecule has 0 aromatic heterocycles. The number of carbonyl (C=O) groups is 2. The zero-order valence-electron chi connectivity index (χ0n) is 12.7. The van der Waals surface area contributed by atoms with Crippen molar-refractivity contribution in [2.75, 3.05) is 12.0 Å². The first-order valence-corrected chi connectivity index (χ1v) is 7.71. The second kappa shape index (κ2) is 6.42. The molecular formula is C18H16ClNO3. The number of nitrogens with zero attached hydrogens (tertiary/aromatic N) is 1. The van der Waals surface area contributed by atoms with Crippen molar-refractivity contribution in [3.63, 3.8) is 0 Å². The lowest BCUT2D eigenvalue weighted by Gasteiger charge is -2.30. The molecule has 3 rings (SSSR count). The van der Waals surface area contributed by atoms with Gasteiger partial charge in [0.2, 0.25) is 11.8 Å². The van der Waals surface area contributed by atoms with Gasteiger partial charge in [0.15, 0.2) is 0 Å². The Kier molecular flexibility index (Phi) is 4.35. The van der Waals surface area contributed by atoms with Crippen LogP contribution in [0.2, 0.25) is 5.02 Å². The second-order valence-electron chi connectivity index (χ2n) is 5.48. The number of hydrogen-bond acceptors (Lipinski definition) is 3. The number of benzene rings is 2. The maximum atomic E-state index is 12.4. The molecule has 5 heteroatoms. The van der Waals surface area contributed by atoms with Gasteiger partial charge in [0.25, 0.3) is 0 Å². The summed E-state index contributed by atoms with van der Waals surface area (Å²) in [6, 6.07) is 14.2. The minimum absolute atomic E-state index is 0.0931. The van der Waals surface area contributed by atoms with Crippen LogP contribution in [0.1, 0.15) is 24.3 Å². The fourth-order valence-electron chi connectivity index (χ4n) is 2.81. The lowest BCUT2D eigenvalue weighted by Crippen LogP contribution is -2.42. The van der Waals surface area contributed by atoms with Crippen molar-refractivity contribution in [2.45, 2.75) is 18.8 Å². The van der Waals surface area contributed by atoms with Crippen molar-refractivity contribution in [3.05, 3.63) is 59.1 Å². The van der Waals surface area contributed by atoms with Crippen LogP contribution in [0.4, 0.5) is 5.69 Å². The molecule has 1 aliphatic rings. The van der Waals surface area contributed by atoms with Crippen LogP contribution >= 0.6 is 11.6 Å². The van der Waals surface area contributed by atoms with E-state index in [1.807, 2.05) is 24.3 Å². The highest BCUT2D eigenvalue weighted by atomic mass is 35.5. The Labute approximate surface area is 139 Å². The van der Waals surface area contributed by atoms with Crippen LogP contribution in [0.25, 0.3) is 0 Å². The van der Waals surface area contributed by atoms with E-state index >= 15 is 0 Å². The molecule has 0 N–H and O–H groups in total. The zero-order valence-corrected chi connectivity index (χ0v) is 13.4. The fourth-order valence-corrected chi connectivity index (χ4v) is 2.93. The first kappa shape index (κ1) is 15.6. The summed E-state index contributed by atoms with van der Waals surface area (Å²) in [7, 11) is 1.60. The molecule has 0 saturated carbocycles. The smallest absolute Gasteiger partial charge is 0.234 e. The van der Waals surface area contributed by atoms with Crippen LogP contribution in [0.3, 0.4) is 0 Å². The molecule has 0 spiro atoms. The maximum Gasteiger partial charge on any atom is 0.234 e. The van der Waals surface area contributed by atoms with Gasteiger partial charge in [-0.1, -0.05) is 23.7 Å². The van der Waals surface area contributed by atoms with Gasteiger partial charge in [-0.15, -0.1) is 0 Å². The van der Waals surface area contributed by atoms with Crippen LogP contribution < -0.4 is 9.64 Å². The Bertz CT molecular complexity index is 707. The van der Waals surface area contributed by atoms with Gasteiger partial charge in [-0.25, -0.2) is 0 Å². The first-order chi connectivity index (χ1) is 11.1. The minimum atomic E-state index is -0.190. The highest BCUT2D eigenvalue weighted by Crippen LogP contribution is 2.33. The number of ether oxygens (including phenoxy) is 1. The van der Waals surface area contributed by atoms with Crippen LogP contribution in [-0.2, 0) is 9.59 Å². The third-order valence-corrected chi connectivity index (χ3v) is 4.26. The van der Waals surface area contributed by atoms with Crippen molar-refractivity contribution >= 4 is 29.1 Å². The normalized spacial score (nSPS) is 15.8. The SMILES string of the molecule is COc1ccc(C2CC(=O)N(c3ccc(Cl)cc3)C(=O)C2)cc1. The number of hydrogen-bond donors (Lipinski definition) is 0. The Morgan fingerprint density at radius 1 is 0.957 bits per heavy atom. The van der Waals surface area contributed by atoms with E-state index < -0.39 is 0 Å². The van der Waals surface area contributed by atoms with Gasteiger partial charge >= 0.3 is 0 Å². The predicted molar refractivity (Wildman–Crippen MR) is 88.9 cm³/mol. The highest BCUT2D eigenvalue weighted by Gasteiger charge is 2.34. The summed E-state index contributed by atoms with van der Waals surface area (Å²) in [4.78, 5) is 26.1. The molecule has 0 unspecified atom stereocenters. The van der Waals surface area contributed by atoms with Crippen LogP contribution in [-0.4, -0.2) is 18.9 Å². The van der Waals surface area contributed by atoms with Crippen LogP contribution in [0, 0.1) is 0 Å². The number of halogens is 1. The quantitative estimate of drug-likeness (QED) is 0.805. The van der Waals surface area contributed by atoms with E-state index in [4.69, 9.17) is 16.3 Å². The van der Waals surface area contributed by atoms with Crippen molar-refractivity contribution in [2.24, 2.45) is 0 Å². The van der Waals surface area contributed by atoms with Crippen molar-refractivity contribution in [1.82, 2.24) is 0 Å². The van der Waals surface area contributed by atoms with E-state index in [0.717, 1.165) is 11.3 Å². The Morgan fingerprint density at radius 3 is 2.04 bits per heavy atom. The third kappa shape index (κ3) is 3.22. The van der Waals surface area contributed by atoms with Crippen molar-refractivity contribution in [1.29, 1.82) is 0 Å². The molecule has 0 atom stereocenters. The third-order valence-electron chi connectivity index (χ3n) is 4.01. The first-order valence-electron chi connectivity index (χ1n) is 7.34. The van der Waals surface area contributed by atoms with E-state index in [1.54, 1.807) is 31.4 Å². The molecule has 23 heavy (non-hydrogen) atoms. The number of anilines is 1. The fraction of sp³-hybridized carbons (Fsp3) is 0.222. The maximum absolute atomic E-state index is 12.4. The Balaban J connectivity index is 1.80. The lowest BCUT2D eigenvalue weighted by atomic mass is 9.88. The molecule has 2 aromatic carbocycles. The molecule has 1 heterocycles. The molecule has 0 aliphatic carbocycles. The van der Waals surface area contributed by atoms with Gasteiger partial charge in [0.05, 0.1) is 12.8 Å². The topological polar surface area (TPSA) is 46.6 Å². The van der Waals surface area contributed by atoms with Gasteiger partial charge in [0, 0.05) is 23.8 Å². The number of methoxy groups -OCH3 is 1. The van der Waals surface area contributed by atoms with E-state index in [2.05, 4.69) is 0 Å². The summed E-state index contributed by atoms with van der Waals surface area (Å²) < 4.78 is 5.13. The number of carbonyl (C=O) groups excluding carboxylic acids is 2. The van der Waals surface area contributed by atoms with Gasteiger partial charge in [-0.2, -0.15) is 0 Å². The van der Waals surface area contributed by atoms with Crippen molar-refractivity contribution in [3.8, 4) is 5.75 Å². The van der Waals surface area contributed by atoms with Crippen LogP contribution in [0.5, 0.6) is 5.75 Å². The number of amides is 2. The number of rotatable bonds is 3. The molecule has 1 aliphatic heterocycles. The van der Waals surface area contributed by atoms with Crippen molar-refractivity contribution < 1.29 is 14.3 Å². The second-order valence-corrected chi connectivity index (χ2v) is 5.91.